The maximum atomic E-state index is 13.5. The highest BCUT2D eigenvalue weighted by atomic mass is 16.6. The van der Waals surface area contributed by atoms with Gasteiger partial charge in [-0.1, -0.05) is 37.3 Å². The molecule has 1 saturated heterocycles. The van der Waals surface area contributed by atoms with Gasteiger partial charge in [-0.25, -0.2) is 4.79 Å². The van der Waals surface area contributed by atoms with Gasteiger partial charge in [-0.15, -0.1) is 0 Å². The number of hydrogen-bond acceptors (Lipinski definition) is 5. The summed E-state index contributed by atoms with van der Waals surface area (Å²) >= 11 is 0. The Kier molecular flexibility index (Phi) is 9.88. The highest BCUT2D eigenvalue weighted by Crippen LogP contribution is 2.22. The van der Waals surface area contributed by atoms with E-state index in [0.29, 0.717) is 38.0 Å². The summed E-state index contributed by atoms with van der Waals surface area (Å²) in [5.41, 5.74) is 3.09. The Hall–Kier alpha value is -4.34. The molecule has 1 unspecified atom stereocenters. The first-order valence-electron chi connectivity index (χ1n) is 14.5. The number of para-hydroxylation sites is 1. The first-order valence-corrected chi connectivity index (χ1v) is 14.5. The molecule has 10 heteroatoms. The lowest BCUT2D eigenvalue weighted by Gasteiger charge is -2.32. The number of benzene rings is 2. The first-order chi connectivity index (χ1) is 20.0. The van der Waals surface area contributed by atoms with E-state index in [9.17, 15) is 19.2 Å². The summed E-state index contributed by atoms with van der Waals surface area (Å²) in [6.45, 7) is 7.93. The van der Waals surface area contributed by atoms with Crippen LogP contribution in [0, 0.1) is 5.92 Å². The van der Waals surface area contributed by atoms with Gasteiger partial charge in [-0.3, -0.25) is 14.4 Å². The van der Waals surface area contributed by atoms with Gasteiger partial charge in [0.15, 0.2) is 0 Å². The topological polar surface area (TPSA) is 133 Å². The molecule has 0 saturated carbocycles. The van der Waals surface area contributed by atoms with Crippen LogP contribution in [0.3, 0.4) is 0 Å². The third-order valence-electron chi connectivity index (χ3n) is 7.36. The Bertz CT molecular complexity index is 1400. The van der Waals surface area contributed by atoms with Crippen molar-refractivity contribution < 1.29 is 23.9 Å². The van der Waals surface area contributed by atoms with E-state index in [0.717, 1.165) is 22.9 Å². The largest absolute Gasteiger partial charge is 0.444 e. The van der Waals surface area contributed by atoms with Gasteiger partial charge in [0.1, 0.15) is 18.2 Å². The van der Waals surface area contributed by atoms with Crippen molar-refractivity contribution in [1.82, 2.24) is 20.5 Å². The van der Waals surface area contributed by atoms with Gasteiger partial charge in [-0.2, -0.15) is 0 Å². The molecular formula is C32H41N5O5. The predicted molar refractivity (Wildman–Crippen MR) is 162 cm³/mol. The summed E-state index contributed by atoms with van der Waals surface area (Å²) in [5.74, 6) is -1.07. The molecule has 0 radical (unpaired) electrons. The molecule has 1 aliphatic rings. The normalized spacial score (nSPS) is 14.7. The van der Waals surface area contributed by atoms with Crippen molar-refractivity contribution in [2.24, 2.45) is 5.92 Å². The molecule has 4 rings (SSSR count). The Morgan fingerprint density at radius 1 is 1.02 bits per heavy atom. The van der Waals surface area contributed by atoms with Crippen LogP contribution in [-0.2, 0) is 32.0 Å². The summed E-state index contributed by atoms with van der Waals surface area (Å²) in [6.07, 6.45) is 3.38. The molecule has 10 nitrogen and oxygen atoms in total. The Morgan fingerprint density at radius 2 is 1.71 bits per heavy atom. The monoisotopic (exact) mass is 575 g/mol. The van der Waals surface area contributed by atoms with Gasteiger partial charge in [-0.05, 0) is 69.4 Å². The number of aromatic nitrogens is 1. The Balaban J connectivity index is 1.37. The first kappa shape index (κ1) is 30.6. The average molecular weight is 576 g/mol. The molecule has 1 fully saturated rings. The third-order valence-corrected chi connectivity index (χ3v) is 7.36. The molecule has 1 aliphatic heterocycles. The van der Waals surface area contributed by atoms with Crippen LogP contribution in [0.15, 0.2) is 54.7 Å². The number of amides is 4. The van der Waals surface area contributed by atoms with Crippen LogP contribution in [-0.4, -0.2) is 65.0 Å². The SMILES string of the molecule is CCc1ccc(NC(=O)C(Cc2c[nH]c3ccccc23)NC(=O)C2CCN(C(=O)CNC(=O)OC(C)(C)C)CC2)cc1. The number of H-pyrrole nitrogens is 1. The molecule has 4 N–H and O–H groups in total. The van der Waals surface area contributed by atoms with E-state index < -0.39 is 17.7 Å². The smallest absolute Gasteiger partial charge is 0.408 e. The molecule has 0 aliphatic carbocycles. The summed E-state index contributed by atoms with van der Waals surface area (Å²) < 4.78 is 5.18. The van der Waals surface area contributed by atoms with Crippen LogP contribution < -0.4 is 16.0 Å². The molecule has 2 aromatic carbocycles. The molecule has 1 atom stereocenters. The van der Waals surface area contributed by atoms with E-state index in [-0.39, 0.29) is 30.2 Å². The molecule has 4 amide bonds. The molecule has 0 spiro atoms. The van der Waals surface area contributed by atoms with Gasteiger partial charge >= 0.3 is 6.09 Å². The molecule has 2 heterocycles. The van der Waals surface area contributed by atoms with Gasteiger partial charge in [0, 0.05) is 48.2 Å². The minimum Gasteiger partial charge on any atom is -0.444 e. The van der Waals surface area contributed by atoms with E-state index in [1.165, 1.54) is 5.56 Å². The number of likely N-dealkylation sites (tertiary alicyclic amines) is 1. The molecule has 1 aromatic heterocycles. The number of carbonyl (C=O) groups excluding carboxylic acids is 4. The minimum atomic E-state index is -0.791. The molecule has 42 heavy (non-hydrogen) atoms. The number of carbonyl (C=O) groups is 4. The Labute approximate surface area is 246 Å². The second-order valence-corrected chi connectivity index (χ2v) is 11.7. The van der Waals surface area contributed by atoms with Gasteiger partial charge < -0.3 is 30.6 Å². The fraction of sp³-hybridized carbons (Fsp3) is 0.438. The standard InChI is InChI=1S/C32H41N5O5/c1-5-21-10-12-24(13-11-21)35-30(40)27(18-23-19-33-26-9-7-6-8-25(23)26)36-29(39)22-14-16-37(17-15-22)28(38)20-34-31(41)42-32(2,3)4/h6-13,19,22,27,33H,5,14-18,20H2,1-4H3,(H,34,41)(H,35,40)(H,36,39). The summed E-state index contributed by atoms with van der Waals surface area (Å²) in [5, 5.41) is 9.45. The lowest BCUT2D eigenvalue weighted by Crippen LogP contribution is -2.50. The number of hydrogen-bond donors (Lipinski definition) is 4. The van der Waals surface area contributed by atoms with Crippen LogP contribution in [0.1, 0.15) is 51.7 Å². The predicted octanol–water partition coefficient (Wildman–Crippen LogP) is 4.16. The van der Waals surface area contributed by atoms with Crippen molar-refractivity contribution in [3.8, 4) is 0 Å². The third kappa shape index (κ3) is 8.34. The van der Waals surface area contributed by atoms with Crippen molar-refractivity contribution in [3.63, 3.8) is 0 Å². The van der Waals surface area contributed by atoms with Crippen molar-refractivity contribution in [3.05, 3.63) is 65.9 Å². The molecule has 3 aromatic rings. The van der Waals surface area contributed by atoms with Crippen LogP contribution in [0.4, 0.5) is 10.5 Å². The summed E-state index contributed by atoms with van der Waals surface area (Å²) in [4.78, 5) is 56.2. The summed E-state index contributed by atoms with van der Waals surface area (Å²) in [7, 11) is 0. The van der Waals surface area contributed by atoms with Crippen LogP contribution in [0.2, 0.25) is 0 Å². The molecule has 0 bridgehead atoms. The van der Waals surface area contributed by atoms with Crippen LogP contribution in [0.5, 0.6) is 0 Å². The number of fused-ring (bicyclic) bond motifs is 1. The van der Waals surface area contributed by atoms with E-state index in [2.05, 4.69) is 27.9 Å². The maximum Gasteiger partial charge on any atom is 0.408 e. The molecule has 224 valence electrons. The number of ether oxygens (including phenoxy) is 1. The van der Waals surface area contributed by atoms with Crippen molar-refractivity contribution in [1.29, 1.82) is 0 Å². The number of nitrogens with zero attached hydrogens (tertiary/aromatic N) is 1. The number of piperidine rings is 1. The summed E-state index contributed by atoms with van der Waals surface area (Å²) in [6, 6.07) is 14.7. The van der Waals surface area contributed by atoms with E-state index in [1.54, 1.807) is 25.7 Å². The quantitative estimate of drug-likeness (QED) is 0.304. The zero-order chi connectivity index (χ0) is 30.3. The number of nitrogens with one attached hydrogen (secondary N) is 4. The fourth-order valence-corrected chi connectivity index (χ4v) is 5.04. The van der Waals surface area contributed by atoms with Crippen molar-refractivity contribution in [2.75, 3.05) is 25.0 Å². The minimum absolute atomic E-state index is 0.169. The van der Waals surface area contributed by atoms with E-state index in [4.69, 9.17) is 4.74 Å². The lowest BCUT2D eigenvalue weighted by molar-refractivity contribution is -0.135. The number of aryl methyl sites for hydroxylation is 1. The zero-order valence-corrected chi connectivity index (χ0v) is 24.8. The van der Waals surface area contributed by atoms with Gasteiger partial charge in [0.05, 0.1) is 0 Å². The van der Waals surface area contributed by atoms with Crippen molar-refractivity contribution >= 4 is 40.4 Å². The lowest BCUT2D eigenvalue weighted by atomic mass is 9.94. The van der Waals surface area contributed by atoms with Crippen LogP contribution in [0.25, 0.3) is 10.9 Å². The van der Waals surface area contributed by atoms with E-state index in [1.807, 2.05) is 54.7 Å². The number of alkyl carbamates (subject to hydrolysis) is 1. The fourth-order valence-electron chi connectivity index (χ4n) is 5.04. The Morgan fingerprint density at radius 3 is 2.38 bits per heavy atom. The highest BCUT2D eigenvalue weighted by molar-refractivity contribution is 5.98. The van der Waals surface area contributed by atoms with Crippen LogP contribution >= 0.6 is 0 Å². The van der Waals surface area contributed by atoms with Gasteiger partial charge in [0.2, 0.25) is 17.7 Å². The molecular weight excluding hydrogens is 534 g/mol. The number of anilines is 1. The number of aromatic amines is 1. The maximum absolute atomic E-state index is 13.5. The second kappa shape index (κ2) is 13.5. The zero-order valence-electron chi connectivity index (χ0n) is 24.8. The van der Waals surface area contributed by atoms with Crippen molar-refractivity contribution in [2.45, 2.75) is 65.0 Å². The van der Waals surface area contributed by atoms with Gasteiger partial charge in [0.25, 0.3) is 0 Å². The van der Waals surface area contributed by atoms with E-state index >= 15 is 0 Å². The average Bonchev–Trinajstić information content (AvgIpc) is 3.37. The highest BCUT2D eigenvalue weighted by Gasteiger charge is 2.31. The second-order valence-electron chi connectivity index (χ2n) is 11.7. The number of rotatable bonds is 9.